The summed E-state index contributed by atoms with van der Waals surface area (Å²) in [6.45, 7) is 1.47. The van der Waals surface area contributed by atoms with E-state index in [4.69, 9.17) is 0 Å². The SMILES string of the molecule is CC(=O)Nc1nc2ccc(-c3ccc4[nH]ccc4c3)nc2s1. The second kappa shape index (κ2) is 4.92. The van der Waals surface area contributed by atoms with Crippen molar-refractivity contribution in [3.05, 3.63) is 42.6 Å². The normalized spacial score (nSPS) is 11.1. The lowest BCUT2D eigenvalue weighted by Crippen LogP contribution is -2.04. The van der Waals surface area contributed by atoms with Gasteiger partial charge in [-0.15, -0.1) is 0 Å². The van der Waals surface area contributed by atoms with E-state index in [2.05, 4.69) is 26.3 Å². The predicted molar refractivity (Wildman–Crippen MR) is 89.0 cm³/mol. The molecule has 1 amide bonds. The molecule has 0 saturated carbocycles. The number of carbonyl (C=O) groups excluding carboxylic acids is 1. The van der Waals surface area contributed by atoms with E-state index in [0.29, 0.717) is 5.13 Å². The number of nitrogens with zero attached hydrogens (tertiary/aromatic N) is 2. The zero-order chi connectivity index (χ0) is 15.1. The molecule has 0 aliphatic heterocycles. The third-order valence-corrected chi connectivity index (χ3v) is 4.27. The highest BCUT2D eigenvalue weighted by Crippen LogP contribution is 2.28. The molecule has 4 aromatic rings. The van der Waals surface area contributed by atoms with Gasteiger partial charge in [0.15, 0.2) is 5.13 Å². The topological polar surface area (TPSA) is 70.7 Å². The standard InChI is InChI=1S/C16H12N4OS/c1-9(21)18-16-20-14-5-4-13(19-15(14)22-16)10-2-3-12-11(8-10)6-7-17-12/h2-8,17H,1H3,(H,18,20,21). The third-order valence-electron chi connectivity index (χ3n) is 3.39. The minimum Gasteiger partial charge on any atom is -0.361 e. The van der Waals surface area contributed by atoms with Gasteiger partial charge in [0.2, 0.25) is 5.91 Å². The van der Waals surface area contributed by atoms with Crippen LogP contribution < -0.4 is 5.32 Å². The van der Waals surface area contributed by atoms with Crippen molar-refractivity contribution < 1.29 is 4.79 Å². The van der Waals surface area contributed by atoms with Crippen molar-refractivity contribution >= 4 is 43.6 Å². The first-order valence-electron chi connectivity index (χ1n) is 6.82. The first kappa shape index (κ1) is 13.0. The number of hydrogen-bond donors (Lipinski definition) is 2. The summed E-state index contributed by atoms with van der Waals surface area (Å²) < 4.78 is 0. The Kier molecular flexibility index (Phi) is 2.90. The fourth-order valence-corrected chi connectivity index (χ4v) is 3.28. The maximum Gasteiger partial charge on any atom is 0.223 e. The number of amides is 1. The Hall–Kier alpha value is -2.73. The molecular formula is C16H12N4OS. The number of nitrogens with one attached hydrogen (secondary N) is 2. The summed E-state index contributed by atoms with van der Waals surface area (Å²) in [5.41, 5.74) is 3.85. The van der Waals surface area contributed by atoms with Crippen LogP contribution in [-0.4, -0.2) is 20.9 Å². The Morgan fingerprint density at radius 3 is 2.95 bits per heavy atom. The van der Waals surface area contributed by atoms with Crippen molar-refractivity contribution in [2.24, 2.45) is 0 Å². The molecule has 2 N–H and O–H groups in total. The molecule has 0 aliphatic carbocycles. The number of anilines is 1. The van der Waals surface area contributed by atoms with E-state index in [-0.39, 0.29) is 5.91 Å². The number of rotatable bonds is 2. The first-order valence-corrected chi connectivity index (χ1v) is 7.63. The molecule has 0 unspecified atom stereocenters. The van der Waals surface area contributed by atoms with Crippen molar-refractivity contribution in [2.45, 2.75) is 6.92 Å². The van der Waals surface area contributed by atoms with Gasteiger partial charge in [0.25, 0.3) is 0 Å². The zero-order valence-electron chi connectivity index (χ0n) is 11.8. The second-order valence-electron chi connectivity index (χ2n) is 5.00. The smallest absolute Gasteiger partial charge is 0.223 e. The zero-order valence-corrected chi connectivity index (χ0v) is 12.6. The molecule has 0 fully saturated rings. The molecule has 0 spiro atoms. The fraction of sp³-hybridized carbons (Fsp3) is 0.0625. The molecule has 0 radical (unpaired) electrons. The lowest BCUT2D eigenvalue weighted by Gasteiger charge is -2.01. The van der Waals surface area contributed by atoms with E-state index < -0.39 is 0 Å². The second-order valence-corrected chi connectivity index (χ2v) is 5.98. The van der Waals surface area contributed by atoms with Crippen LogP contribution in [-0.2, 0) is 4.79 Å². The number of fused-ring (bicyclic) bond motifs is 2. The Labute approximate surface area is 130 Å². The molecule has 0 aliphatic rings. The molecule has 1 aromatic carbocycles. The van der Waals surface area contributed by atoms with Gasteiger partial charge >= 0.3 is 0 Å². The van der Waals surface area contributed by atoms with Crippen LogP contribution in [0.25, 0.3) is 32.5 Å². The predicted octanol–water partition coefficient (Wildman–Crippen LogP) is 3.80. The number of thiazole rings is 1. The van der Waals surface area contributed by atoms with Gasteiger partial charge in [0.1, 0.15) is 10.3 Å². The van der Waals surface area contributed by atoms with Crippen molar-refractivity contribution in [1.82, 2.24) is 15.0 Å². The lowest BCUT2D eigenvalue weighted by atomic mass is 10.1. The van der Waals surface area contributed by atoms with Gasteiger partial charge in [0, 0.05) is 29.6 Å². The highest BCUT2D eigenvalue weighted by atomic mass is 32.1. The number of aromatic amines is 1. The van der Waals surface area contributed by atoms with Crippen LogP contribution in [0.3, 0.4) is 0 Å². The van der Waals surface area contributed by atoms with Gasteiger partial charge in [-0.05, 0) is 30.3 Å². The number of pyridine rings is 1. The monoisotopic (exact) mass is 308 g/mol. The Morgan fingerprint density at radius 1 is 1.18 bits per heavy atom. The number of benzene rings is 1. The number of aromatic nitrogens is 3. The van der Waals surface area contributed by atoms with Crippen molar-refractivity contribution in [2.75, 3.05) is 5.32 Å². The number of hydrogen-bond acceptors (Lipinski definition) is 4. The third kappa shape index (κ3) is 2.23. The average molecular weight is 308 g/mol. The summed E-state index contributed by atoms with van der Waals surface area (Å²) >= 11 is 1.38. The number of carbonyl (C=O) groups is 1. The van der Waals surface area contributed by atoms with Crippen LogP contribution >= 0.6 is 11.3 Å². The molecule has 0 saturated heterocycles. The highest BCUT2D eigenvalue weighted by Gasteiger charge is 2.08. The van der Waals surface area contributed by atoms with Crippen LogP contribution in [0.4, 0.5) is 5.13 Å². The summed E-state index contributed by atoms with van der Waals surface area (Å²) in [5.74, 6) is -0.128. The molecule has 0 bridgehead atoms. The molecule has 5 nitrogen and oxygen atoms in total. The van der Waals surface area contributed by atoms with E-state index in [9.17, 15) is 4.79 Å². The first-order chi connectivity index (χ1) is 10.7. The van der Waals surface area contributed by atoms with Gasteiger partial charge < -0.3 is 10.3 Å². The van der Waals surface area contributed by atoms with Crippen molar-refractivity contribution in [1.29, 1.82) is 0 Å². The van der Waals surface area contributed by atoms with Crippen LogP contribution in [0.15, 0.2) is 42.6 Å². The van der Waals surface area contributed by atoms with E-state index in [0.717, 1.165) is 32.5 Å². The summed E-state index contributed by atoms with van der Waals surface area (Å²) in [5, 5.41) is 4.43. The maximum absolute atomic E-state index is 11.1. The van der Waals surface area contributed by atoms with E-state index in [1.165, 1.54) is 18.3 Å². The number of H-pyrrole nitrogens is 1. The van der Waals surface area contributed by atoms with Crippen molar-refractivity contribution in [3.63, 3.8) is 0 Å². The minimum atomic E-state index is -0.128. The minimum absolute atomic E-state index is 0.128. The van der Waals surface area contributed by atoms with Crippen LogP contribution in [0.1, 0.15) is 6.92 Å². The van der Waals surface area contributed by atoms with Crippen LogP contribution in [0.5, 0.6) is 0 Å². The Bertz CT molecular complexity index is 1000. The molecular weight excluding hydrogens is 296 g/mol. The van der Waals surface area contributed by atoms with Crippen LogP contribution in [0, 0.1) is 0 Å². The molecule has 6 heteroatoms. The fourth-order valence-electron chi connectivity index (χ4n) is 2.39. The molecule has 3 aromatic heterocycles. The van der Waals surface area contributed by atoms with E-state index in [1.54, 1.807) is 0 Å². The summed E-state index contributed by atoms with van der Waals surface area (Å²) in [6, 6.07) is 12.1. The summed E-state index contributed by atoms with van der Waals surface area (Å²) in [6.07, 6.45) is 1.92. The van der Waals surface area contributed by atoms with Gasteiger partial charge in [-0.3, -0.25) is 4.79 Å². The van der Waals surface area contributed by atoms with Crippen molar-refractivity contribution in [3.8, 4) is 11.3 Å². The molecule has 4 rings (SSSR count). The van der Waals surface area contributed by atoms with Gasteiger partial charge in [0.05, 0.1) is 5.69 Å². The Morgan fingerprint density at radius 2 is 2.09 bits per heavy atom. The molecule has 0 atom stereocenters. The summed E-state index contributed by atoms with van der Waals surface area (Å²) in [4.78, 5) is 24.1. The molecule has 108 valence electrons. The van der Waals surface area contributed by atoms with Crippen LogP contribution in [0.2, 0.25) is 0 Å². The maximum atomic E-state index is 11.1. The van der Waals surface area contributed by atoms with Gasteiger partial charge in [-0.1, -0.05) is 17.4 Å². The average Bonchev–Trinajstić information content (AvgIpc) is 3.10. The van der Waals surface area contributed by atoms with Gasteiger partial charge in [-0.25, -0.2) is 9.97 Å². The molecule has 22 heavy (non-hydrogen) atoms. The van der Waals surface area contributed by atoms with E-state index in [1.807, 2.05) is 36.5 Å². The largest absolute Gasteiger partial charge is 0.361 e. The highest BCUT2D eigenvalue weighted by molar-refractivity contribution is 7.21. The van der Waals surface area contributed by atoms with Gasteiger partial charge in [-0.2, -0.15) is 0 Å². The molecule has 3 heterocycles. The quantitative estimate of drug-likeness (QED) is 0.591. The Balaban J connectivity index is 1.79. The van der Waals surface area contributed by atoms with E-state index >= 15 is 0 Å². The summed E-state index contributed by atoms with van der Waals surface area (Å²) in [7, 11) is 0. The lowest BCUT2D eigenvalue weighted by molar-refractivity contribution is -0.114.